The third kappa shape index (κ3) is 2.68. The van der Waals surface area contributed by atoms with E-state index in [9.17, 15) is 0 Å². The molecule has 0 spiro atoms. The van der Waals surface area contributed by atoms with E-state index in [0.29, 0.717) is 0 Å². The van der Waals surface area contributed by atoms with Crippen LogP contribution in [0.25, 0.3) is 11.1 Å². The van der Waals surface area contributed by atoms with Crippen LogP contribution >= 0.6 is 0 Å². The first-order valence-corrected chi connectivity index (χ1v) is 7.51. The Labute approximate surface area is 126 Å². The molecular weight excluding hydrogens is 260 g/mol. The Morgan fingerprint density at radius 1 is 1.10 bits per heavy atom. The van der Waals surface area contributed by atoms with Crippen molar-refractivity contribution in [3.8, 4) is 16.9 Å². The Hall–Kier alpha value is -1.80. The van der Waals surface area contributed by atoms with Gasteiger partial charge in [0.2, 0.25) is 0 Å². The van der Waals surface area contributed by atoms with E-state index in [2.05, 4.69) is 51.1 Å². The highest BCUT2D eigenvalue weighted by Crippen LogP contribution is 2.42. The second kappa shape index (κ2) is 5.19. The zero-order chi connectivity index (χ0) is 15.0. The molecular formula is C19H22O2. The molecule has 1 aliphatic rings. The molecule has 0 saturated carbocycles. The zero-order valence-corrected chi connectivity index (χ0v) is 12.9. The van der Waals surface area contributed by atoms with Crippen LogP contribution in [0.15, 0.2) is 42.5 Å². The average molecular weight is 282 g/mol. The van der Waals surface area contributed by atoms with Crippen LogP contribution in [0, 0.1) is 0 Å². The van der Waals surface area contributed by atoms with Crippen LogP contribution < -0.4 is 4.74 Å². The van der Waals surface area contributed by atoms with Gasteiger partial charge in [0.05, 0.1) is 12.7 Å². The average Bonchev–Trinajstić information content (AvgIpc) is 2.46. The van der Waals surface area contributed by atoms with Crippen molar-refractivity contribution >= 4 is 0 Å². The summed E-state index contributed by atoms with van der Waals surface area (Å²) in [5.74, 6) is 1.01. The van der Waals surface area contributed by atoms with Gasteiger partial charge >= 0.3 is 0 Å². The Bertz CT molecular complexity index is 641. The minimum Gasteiger partial charge on any atom is -0.490 e. The Morgan fingerprint density at radius 3 is 2.43 bits per heavy atom. The first-order valence-electron chi connectivity index (χ1n) is 7.51. The maximum absolute atomic E-state index is 9.13. The van der Waals surface area contributed by atoms with Crippen molar-refractivity contribution in [3.05, 3.63) is 53.6 Å². The Balaban J connectivity index is 2.02. The topological polar surface area (TPSA) is 29.5 Å². The molecule has 2 nitrogen and oxygen atoms in total. The third-order valence-electron chi connectivity index (χ3n) is 4.30. The van der Waals surface area contributed by atoms with E-state index < -0.39 is 0 Å². The van der Waals surface area contributed by atoms with Gasteiger partial charge in [-0.25, -0.2) is 0 Å². The number of aliphatic hydroxyl groups excluding tert-OH is 1. The first-order chi connectivity index (χ1) is 9.99. The molecule has 2 aromatic rings. The van der Waals surface area contributed by atoms with Gasteiger partial charge in [0, 0.05) is 5.56 Å². The van der Waals surface area contributed by atoms with Crippen LogP contribution in [-0.2, 0) is 12.0 Å². The summed E-state index contributed by atoms with van der Waals surface area (Å²) in [5.41, 5.74) is 4.72. The zero-order valence-electron chi connectivity index (χ0n) is 12.9. The van der Waals surface area contributed by atoms with E-state index in [0.717, 1.165) is 17.7 Å². The van der Waals surface area contributed by atoms with Crippen molar-refractivity contribution in [1.29, 1.82) is 0 Å². The lowest BCUT2D eigenvalue weighted by Crippen LogP contribution is -2.32. The van der Waals surface area contributed by atoms with Crippen LogP contribution in [0.3, 0.4) is 0 Å². The molecule has 1 aliphatic heterocycles. The molecule has 2 aromatic carbocycles. The molecule has 1 N–H and O–H groups in total. The summed E-state index contributed by atoms with van der Waals surface area (Å²) in [6, 6.07) is 14.5. The number of hydrogen-bond donors (Lipinski definition) is 1. The van der Waals surface area contributed by atoms with E-state index in [1.165, 1.54) is 16.7 Å². The molecule has 110 valence electrons. The van der Waals surface area contributed by atoms with Crippen LogP contribution in [0.5, 0.6) is 5.75 Å². The van der Waals surface area contributed by atoms with Crippen molar-refractivity contribution in [3.63, 3.8) is 0 Å². The monoisotopic (exact) mass is 282 g/mol. The van der Waals surface area contributed by atoms with Crippen LogP contribution in [-0.4, -0.2) is 11.2 Å². The minimum atomic E-state index is 0.0865. The molecule has 21 heavy (non-hydrogen) atoms. The SMILES string of the molecule is CC1CC(C)(C)c2cc(-c3ccc(CO)cc3)ccc2O1. The van der Waals surface area contributed by atoms with Crippen molar-refractivity contribution in [2.24, 2.45) is 0 Å². The lowest BCUT2D eigenvalue weighted by atomic mass is 9.77. The molecule has 0 fully saturated rings. The highest BCUT2D eigenvalue weighted by Gasteiger charge is 2.32. The summed E-state index contributed by atoms with van der Waals surface area (Å²) in [5, 5.41) is 9.13. The lowest BCUT2D eigenvalue weighted by molar-refractivity contribution is 0.150. The number of aliphatic hydroxyl groups is 1. The third-order valence-corrected chi connectivity index (χ3v) is 4.30. The smallest absolute Gasteiger partial charge is 0.123 e. The van der Waals surface area contributed by atoms with E-state index in [-0.39, 0.29) is 18.1 Å². The van der Waals surface area contributed by atoms with Gasteiger partial charge in [-0.1, -0.05) is 44.2 Å². The largest absolute Gasteiger partial charge is 0.490 e. The molecule has 3 rings (SSSR count). The number of hydrogen-bond acceptors (Lipinski definition) is 2. The van der Waals surface area contributed by atoms with E-state index in [1.54, 1.807) is 0 Å². The molecule has 1 heterocycles. The molecule has 1 unspecified atom stereocenters. The molecule has 0 bridgehead atoms. The van der Waals surface area contributed by atoms with Gasteiger partial charge < -0.3 is 9.84 Å². The summed E-state index contributed by atoms with van der Waals surface area (Å²) in [4.78, 5) is 0. The Kier molecular flexibility index (Phi) is 3.50. The predicted molar refractivity (Wildman–Crippen MR) is 85.5 cm³/mol. The number of benzene rings is 2. The Morgan fingerprint density at radius 2 is 1.76 bits per heavy atom. The van der Waals surface area contributed by atoms with E-state index in [1.807, 2.05) is 12.1 Å². The molecule has 0 radical (unpaired) electrons. The molecule has 2 heteroatoms. The molecule has 1 atom stereocenters. The van der Waals surface area contributed by atoms with Gasteiger partial charge in [-0.2, -0.15) is 0 Å². The van der Waals surface area contributed by atoms with Crippen molar-refractivity contribution in [2.45, 2.75) is 45.3 Å². The maximum Gasteiger partial charge on any atom is 0.123 e. The van der Waals surface area contributed by atoms with Gasteiger partial charge in [-0.3, -0.25) is 0 Å². The van der Waals surface area contributed by atoms with Crippen LogP contribution in [0.4, 0.5) is 0 Å². The summed E-state index contributed by atoms with van der Waals surface area (Å²) < 4.78 is 5.96. The van der Waals surface area contributed by atoms with Gasteiger partial charge in [0.25, 0.3) is 0 Å². The highest BCUT2D eigenvalue weighted by molar-refractivity contribution is 5.67. The second-order valence-electron chi connectivity index (χ2n) is 6.58. The molecule has 0 amide bonds. The van der Waals surface area contributed by atoms with Crippen molar-refractivity contribution < 1.29 is 9.84 Å². The molecule has 0 aromatic heterocycles. The van der Waals surface area contributed by atoms with Crippen molar-refractivity contribution in [1.82, 2.24) is 0 Å². The van der Waals surface area contributed by atoms with Gasteiger partial charge in [0.1, 0.15) is 5.75 Å². The van der Waals surface area contributed by atoms with Gasteiger partial charge in [-0.05, 0) is 47.6 Å². The first kappa shape index (κ1) is 14.2. The van der Waals surface area contributed by atoms with Crippen LogP contribution in [0.1, 0.15) is 38.3 Å². The fraction of sp³-hybridized carbons (Fsp3) is 0.368. The standard InChI is InChI=1S/C19H22O2/c1-13-11-19(2,3)17-10-16(8-9-18(17)21-13)15-6-4-14(12-20)5-7-15/h4-10,13,20H,11-12H2,1-3H3. The fourth-order valence-electron chi connectivity index (χ4n) is 3.23. The predicted octanol–water partition coefficient (Wildman–Crippen LogP) is 4.29. The van der Waals surface area contributed by atoms with Gasteiger partial charge in [-0.15, -0.1) is 0 Å². The van der Waals surface area contributed by atoms with Gasteiger partial charge in [0.15, 0.2) is 0 Å². The summed E-state index contributed by atoms with van der Waals surface area (Å²) >= 11 is 0. The number of rotatable bonds is 2. The number of fused-ring (bicyclic) bond motifs is 1. The highest BCUT2D eigenvalue weighted by atomic mass is 16.5. The summed E-state index contributed by atoms with van der Waals surface area (Å²) in [7, 11) is 0. The summed E-state index contributed by atoms with van der Waals surface area (Å²) in [6.07, 6.45) is 1.30. The second-order valence-corrected chi connectivity index (χ2v) is 6.58. The quantitative estimate of drug-likeness (QED) is 0.890. The van der Waals surface area contributed by atoms with Crippen molar-refractivity contribution in [2.75, 3.05) is 0 Å². The maximum atomic E-state index is 9.13. The minimum absolute atomic E-state index is 0.0865. The number of ether oxygens (including phenoxy) is 1. The van der Waals surface area contributed by atoms with E-state index >= 15 is 0 Å². The summed E-state index contributed by atoms with van der Waals surface area (Å²) in [6.45, 7) is 6.78. The lowest BCUT2D eigenvalue weighted by Gasteiger charge is -2.36. The van der Waals surface area contributed by atoms with E-state index in [4.69, 9.17) is 9.84 Å². The molecule has 0 saturated heterocycles. The normalized spacial score (nSPS) is 19.7. The van der Waals surface area contributed by atoms with Crippen LogP contribution in [0.2, 0.25) is 0 Å². The fourth-order valence-corrected chi connectivity index (χ4v) is 3.23. The molecule has 0 aliphatic carbocycles.